The molecule has 2 aromatic rings. The van der Waals surface area contributed by atoms with Crippen LogP contribution in [0.1, 0.15) is 40.9 Å². The number of pyridine rings is 1. The molecule has 1 N–H and O–H groups in total. The quantitative estimate of drug-likeness (QED) is 0.914. The zero-order valence-corrected chi connectivity index (χ0v) is 12.3. The lowest BCUT2D eigenvalue weighted by molar-refractivity contribution is 0.102. The van der Waals surface area contributed by atoms with E-state index in [1.165, 1.54) is 4.57 Å². The number of hydrogen-bond donors (Lipinski definition) is 1. The van der Waals surface area contributed by atoms with E-state index in [2.05, 4.69) is 22.2 Å². The fourth-order valence-electron chi connectivity index (χ4n) is 2.75. The highest BCUT2D eigenvalue weighted by molar-refractivity contribution is 6.03. The first-order chi connectivity index (χ1) is 10.5. The third kappa shape index (κ3) is 2.38. The molecule has 0 bridgehead atoms. The van der Waals surface area contributed by atoms with Crippen LogP contribution in [0.2, 0.25) is 0 Å². The molecule has 1 amide bonds. The molecule has 0 aromatic carbocycles. The summed E-state index contributed by atoms with van der Waals surface area (Å²) in [5.41, 5.74) is 1.69. The van der Waals surface area contributed by atoms with Gasteiger partial charge in [-0.1, -0.05) is 6.92 Å². The Balaban J connectivity index is 1.96. The molecule has 1 aliphatic rings. The predicted octanol–water partition coefficient (Wildman–Crippen LogP) is 1.62. The maximum atomic E-state index is 12.8. The van der Waals surface area contributed by atoms with E-state index in [1.54, 1.807) is 13.1 Å². The Hall–Kier alpha value is -2.57. The maximum Gasteiger partial charge on any atom is 0.263 e. The molecular weight excluding hydrogens is 287 g/mol. The molecule has 2 heterocycles. The molecule has 1 atom stereocenters. The van der Waals surface area contributed by atoms with Gasteiger partial charge < -0.3 is 4.57 Å². The fourth-order valence-corrected chi connectivity index (χ4v) is 2.75. The summed E-state index contributed by atoms with van der Waals surface area (Å²) < 4.78 is 14.3. The molecule has 0 spiro atoms. The van der Waals surface area contributed by atoms with Gasteiger partial charge in [0.25, 0.3) is 11.5 Å². The monoisotopic (exact) mass is 302 g/mol. The molecule has 0 fully saturated rings. The van der Waals surface area contributed by atoms with Crippen LogP contribution < -0.4 is 10.9 Å². The molecule has 3 rings (SSSR count). The number of carbonyl (C=O) groups is 1. The standard InChI is InChI=1S/C15H15FN4O2/c1-8-3-4-12-10(8)5-11(14(22)20(12)2)13(21)19-15-17-6-9(16)7-18-15/h5-8H,3-4H2,1-2H3,(H,17,18,19,21)/t8-/m1/s1. The van der Waals surface area contributed by atoms with E-state index < -0.39 is 11.7 Å². The summed E-state index contributed by atoms with van der Waals surface area (Å²) in [6, 6.07) is 1.65. The topological polar surface area (TPSA) is 76.9 Å². The largest absolute Gasteiger partial charge is 0.315 e. The number of nitrogens with one attached hydrogen (secondary N) is 1. The summed E-state index contributed by atoms with van der Waals surface area (Å²) in [6.07, 6.45) is 3.71. The van der Waals surface area contributed by atoms with Crippen LogP contribution >= 0.6 is 0 Å². The maximum absolute atomic E-state index is 12.8. The van der Waals surface area contributed by atoms with Gasteiger partial charge in [-0.25, -0.2) is 14.4 Å². The van der Waals surface area contributed by atoms with Gasteiger partial charge in [0.1, 0.15) is 5.56 Å². The summed E-state index contributed by atoms with van der Waals surface area (Å²) in [5.74, 6) is -0.910. The lowest BCUT2D eigenvalue weighted by Crippen LogP contribution is -2.30. The van der Waals surface area contributed by atoms with Gasteiger partial charge in [-0.15, -0.1) is 0 Å². The van der Waals surface area contributed by atoms with Crippen molar-refractivity contribution in [3.63, 3.8) is 0 Å². The van der Waals surface area contributed by atoms with Gasteiger partial charge in [-0.2, -0.15) is 0 Å². The number of amides is 1. The molecule has 114 valence electrons. The third-order valence-corrected chi connectivity index (χ3v) is 4.01. The second kappa shape index (κ2) is 5.32. The second-order valence-corrected chi connectivity index (χ2v) is 5.44. The van der Waals surface area contributed by atoms with Crippen LogP contribution in [0, 0.1) is 5.82 Å². The van der Waals surface area contributed by atoms with Crippen molar-refractivity contribution in [3.05, 3.63) is 51.5 Å². The van der Waals surface area contributed by atoms with E-state index in [4.69, 9.17) is 0 Å². The molecule has 6 nitrogen and oxygen atoms in total. The first-order valence-electron chi connectivity index (χ1n) is 6.99. The number of halogens is 1. The minimum Gasteiger partial charge on any atom is -0.315 e. The van der Waals surface area contributed by atoms with Crippen molar-refractivity contribution in [2.45, 2.75) is 25.7 Å². The summed E-state index contributed by atoms with van der Waals surface area (Å²) in [6.45, 7) is 2.07. The van der Waals surface area contributed by atoms with Gasteiger partial charge in [-0.05, 0) is 30.4 Å². The number of aromatic nitrogens is 3. The van der Waals surface area contributed by atoms with Gasteiger partial charge in [0.05, 0.1) is 12.4 Å². The minimum atomic E-state index is -0.597. The highest BCUT2D eigenvalue weighted by Gasteiger charge is 2.25. The van der Waals surface area contributed by atoms with Crippen molar-refractivity contribution in [2.24, 2.45) is 7.05 Å². The van der Waals surface area contributed by atoms with Crippen molar-refractivity contribution in [2.75, 3.05) is 5.32 Å². The van der Waals surface area contributed by atoms with E-state index in [9.17, 15) is 14.0 Å². The van der Waals surface area contributed by atoms with E-state index in [0.717, 1.165) is 36.5 Å². The minimum absolute atomic E-state index is 0.0398. The summed E-state index contributed by atoms with van der Waals surface area (Å²) in [4.78, 5) is 31.9. The Morgan fingerprint density at radius 2 is 2.09 bits per heavy atom. The first kappa shape index (κ1) is 14.4. The lowest BCUT2D eigenvalue weighted by Gasteiger charge is -2.11. The average Bonchev–Trinajstić information content (AvgIpc) is 2.86. The Morgan fingerprint density at radius 3 is 2.77 bits per heavy atom. The Morgan fingerprint density at radius 1 is 1.41 bits per heavy atom. The van der Waals surface area contributed by atoms with Crippen LogP contribution in [0.15, 0.2) is 23.3 Å². The number of nitrogens with zero attached hydrogens (tertiary/aromatic N) is 3. The van der Waals surface area contributed by atoms with Crippen molar-refractivity contribution >= 4 is 11.9 Å². The highest BCUT2D eigenvalue weighted by Crippen LogP contribution is 2.31. The van der Waals surface area contributed by atoms with E-state index in [1.807, 2.05) is 0 Å². The molecule has 0 unspecified atom stereocenters. The third-order valence-electron chi connectivity index (χ3n) is 4.01. The summed E-state index contributed by atoms with van der Waals surface area (Å²) in [5, 5.41) is 2.42. The molecule has 0 saturated heterocycles. The number of fused-ring (bicyclic) bond motifs is 1. The van der Waals surface area contributed by atoms with Crippen LogP contribution in [-0.4, -0.2) is 20.4 Å². The Bertz CT molecular complexity index is 798. The van der Waals surface area contributed by atoms with Crippen molar-refractivity contribution < 1.29 is 9.18 Å². The first-order valence-corrected chi connectivity index (χ1v) is 6.99. The van der Waals surface area contributed by atoms with E-state index in [-0.39, 0.29) is 17.1 Å². The molecule has 7 heteroatoms. The van der Waals surface area contributed by atoms with Crippen LogP contribution in [0.3, 0.4) is 0 Å². The second-order valence-electron chi connectivity index (χ2n) is 5.44. The predicted molar refractivity (Wildman–Crippen MR) is 78.4 cm³/mol. The smallest absolute Gasteiger partial charge is 0.263 e. The van der Waals surface area contributed by atoms with Gasteiger partial charge in [0.2, 0.25) is 5.95 Å². The fraction of sp³-hybridized carbons (Fsp3) is 0.333. The molecule has 0 radical (unpaired) electrons. The zero-order chi connectivity index (χ0) is 15.9. The summed E-state index contributed by atoms with van der Waals surface area (Å²) >= 11 is 0. The van der Waals surface area contributed by atoms with Gasteiger partial charge in [-0.3, -0.25) is 14.9 Å². The SMILES string of the molecule is C[C@@H]1CCc2c1cc(C(=O)Nc1ncc(F)cn1)c(=O)n2C. The normalized spacial score (nSPS) is 16.4. The molecule has 22 heavy (non-hydrogen) atoms. The lowest BCUT2D eigenvalue weighted by atomic mass is 10.0. The van der Waals surface area contributed by atoms with Crippen molar-refractivity contribution in [1.82, 2.24) is 14.5 Å². The molecular formula is C15H15FN4O2. The van der Waals surface area contributed by atoms with Crippen LogP contribution in [0.25, 0.3) is 0 Å². The number of anilines is 1. The van der Waals surface area contributed by atoms with Gasteiger partial charge >= 0.3 is 0 Å². The van der Waals surface area contributed by atoms with Crippen LogP contribution in [0.5, 0.6) is 0 Å². The molecule has 1 aliphatic carbocycles. The Kier molecular flexibility index (Phi) is 3.48. The van der Waals surface area contributed by atoms with Crippen LogP contribution in [-0.2, 0) is 13.5 Å². The van der Waals surface area contributed by atoms with Crippen molar-refractivity contribution in [1.29, 1.82) is 0 Å². The van der Waals surface area contributed by atoms with E-state index >= 15 is 0 Å². The molecule has 0 saturated carbocycles. The number of hydrogen-bond acceptors (Lipinski definition) is 4. The Labute approximate surface area is 126 Å². The van der Waals surface area contributed by atoms with E-state index in [0.29, 0.717) is 5.92 Å². The zero-order valence-electron chi connectivity index (χ0n) is 12.3. The summed E-state index contributed by atoms with van der Waals surface area (Å²) in [7, 11) is 1.67. The highest BCUT2D eigenvalue weighted by atomic mass is 19.1. The molecule has 2 aromatic heterocycles. The van der Waals surface area contributed by atoms with Gasteiger partial charge in [0, 0.05) is 12.7 Å². The molecule has 0 aliphatic heterocycles. The number of rotatable bonds is 2. The van der Waals surface area contributed by atoms with Crippen LogP contribution in [0.4, 0.5) is 10.3 Å². The van der Waals surface area contributed by atoms with Crippen molar-refractivity contribution in [3.8, 4) is 0 Å². The average molecular weight is 302 g/mol. The number of carbonyl (C=O) groups excluding carboxylic acids is 1. The van der Waals surface area contributed by atoms with Gasteiger partial charge in [0.15, 0.2) is 5.82 Å².